The topological polar surface area (TPSA) is 42.0 Å². The average molecular weight is 372 g/mol. The fraction of sp³-hybridized carbons (Fsp3) is 0.158. The molecule has 0 aliphatic heterocycles. The van der Waals surface area contributed by atoms with Gasteiger partial charge in [0.15, 0.2) is 0 Å². The highest BCUT2D eigenvalue weighted by Gasteiger charge is 2.16. The number of thiazole rings is 1. The molecule has 1 unspecified atom stereocenters. The molecule has 1 aromatic heterocycles. The number of nitrogens with one attached hydrogen (secondary N) is 1. The normalized spacial score (nSPS) is 11.9. The van der Waals surface area contributed by atoms with E-state index in [4.69, 9.17) is 0 Å². The van der Waals surface area contributed by atoms with Gasteiger partial charge in [-0.05, 0) is 19.1 Å². The Balaban J connectivity index is 1.55. The molecule has 3 aromatic rings. The molecule has 0 fully saturated rings. The Morgan fingerprint density at radius 2 is 1.92 bits per heavy atom. The number of nitrogens with zero attached hydrogens (tertiary/aromatic N) is 1. The quantitative estimate of drug-likeness (QED) is 0.646. The van der Waals surface area contributed by atoms with E-state index in [0.29, 0.717) is 5.75 Å². The zero-order chi connectivity index (χ0) is 17.6. The number of halogens is 1. The first-order valence-corrected chi connectivity index (χ1v) is 9.73. The van der Waals surface area contributed by atoms with Crippen LogP contribution in [0.15, 0.2) is 60.0 Å². The first kappa shape index (κ1) is 17.6. The Kier molecular flexibility index (Phi) is 5.83. The van der Waals surface area contributed by atoms with E-state index in [1.807, 2.05) is 42.6 Å². The van der Waals surface area contributed by atoms with Crippen LogP contribution < -0.4 is 5.32 Å². The molecule has 3 nitrogen and oxygen atoms in total. The molecule has 0 aliphatic rings. The highest BCUT2D eigenvalue weighted by Crippen LogP contribution is 2.26. The van der Waals surface area contributed by atoms with E-state index in [-0.39, 0.29) is 16.8 Å². The zero-order valence-electron chi connectivity index (χ0n) is 13.6. The second-order valence-electron chi connectivity index (χ2n) is 5.43. The molecule has 25 heavy (non-hydrogen) atoms. The Labute approximate surface area is 154 Å². The summed E-state index contributed by atoms with van der Waals surface area (Å²) in [5.41, 5.74) is 2.24. The van der Waals surface area contributed by atoms with Crippen molar-refractivity contribution in [1.29, 1.82) is 0 Å². The molecule has 3 rings (SSSR count). The van der Waals surface area contributed by atoms with Crippen LogP contribution >= 0.6 is 23.1 Å². The van der Waals surface area contributed by atoms with E-state index in [1.165, 1.54) is 17.8 Å². The summed E-state index contributed by atoms with van der Waals surface area (Å²) in [5, 5.41) is 5.30. The highest BCUT2D eigenvalue weighted by molar-refractivity contribution is 7.99. The fourth-order valence-corrected chi connectivity index (χ4v) is 3.88. The third-order valence-electron chi connectivity index (χ3n) is 3.55. The maximum atomic E-state index is 13.6. The van der Waals surface area contributed by atoms with Gasteiger partial charge in [0.25, 0.3) is 0 Å². The van der Waals surface area contributed by atoms with Crippen molar-refractivity contribution in [3.8, 4) is 10.6 Å². The zero-order valence-corrected chi connectivity index (χ0v) is 15.2. The summed E-state index contributed by atoms with van der Waals surface area (Å²) in [6.07, 6.45) is 0. The van der Waals surface area contributed by atoms with Gasteiger partial charge in [-0.3, -0.25) is 4.79 Å². The van der Waals surface area contributed by atoms with Gasteiger partial charge in [-0.1, -0.05) is 42.5 Å². The maximum Gasteiger partial charge on any atom is 0.237 e. The smallest absolute Gasteiger partial charge is 0.237 e. The number of para-hydroxylation sites is 1. The van der Waals surface area contributed by atoms with Crippen molar-refractivity contribution in [2.45, 2.75) is 17.9 Å². The fourth-order valence-electron chi connectivity index (χ4n) is 2.17. The van der Waals surface area contributed by atoms with E-state index in [2.05, 4.69) is 10.3 Å². The summed E-state index contributed by atoms with van der Waals surface area (Å²) >= 11 is 3.07. The number of thioether (sulfide) groups is 1. The lowest BCUT2D eigenvalue weighted by Gasteiger charge is -2.11. The number of aromatic nitrogens is 1. The Hall–Kier alpha value is -2.18. The van der Waals surface area contributed by atoms with Crippen LogP contribution in [0, 0.1) is 5.82 Å². The van der Waals surface area contributed by atoms with Crippen molar-refractivity contribution in [3.63, 3.8) is 0 Å². The second-order valence-corrected chi connectivity index (χ2v) is 7.62. The molecule has 1 amide bonds. The molecular formula is C19H17FN2OS2. The number of benzene rings is 2. The van der Waals surface area contributed by atoms with Crippen LogP contribution in [0.1, 0.15) is 12.6 Å². The summed E-state index contributed by atoms with van der Waals surface area (Å²) in [7, 11) is 0. The molecule has 0 aliphatic carbocycles. The van der Waals surface area contributed by atoms with Crippen molar-refractivity contribution >= 4 is 34.7 Å². The second kappa shape index (κ2) is 8.27. The van der Waals surface area contributed by atoms with Gasteiger partial charge in [0, 0.05) is 16.7 Å². The van der Waals surface area contributed by atoms with Crippen molar-refractivity contribution in [3.05, 3.63) is 71.5 Å². The van der Waals surface area contributed by atoms with Crippen LogP contribution in [-0.4, -0.2) is 16.1 Å². The summed E-state index contributed by atoms with van der Waals surface area (Å²) in [6, 6.07) is 16.2. The third kappa shape index (κ3) is 4.67. The minimum absolute atomic E-state index is 0.208. The van der Waals surface area contributed by atoms with E-state index in [1.54, 1.807) is 29.5 Å². The number of hydrogen-bond donors (Lipinski definition) is 1. The van der Waals surface area contributed by atoms with E-state index in [0.717, 1.165) is 16.3 Å². The lowest BCUT2D eigenvalue weighted by atomic mass is 10.2. The summed E-state index contributed by atoms with van der Waals surface area (Å²) < 4.78 is 13.6. The van der Waals surface area contributed by atoms with Crippen molar-refractivity contribution < 1.29 is 9.18 Å². The van der Waals surface area contributed by atoms with Crippen LogP contribution in [0.4, 0.5) is 10.1 Å². The molecule has 0 spiro atoms. The largest absolute Gasteiger partial charge is 0.323 e. The van der Waals surface area contributed by atoms with Crippen LogP contribution in [0.3, 0.4) is 0 Å². The molecule has 1 heterocycles. The first-order chi connectivity index (χ1) is 12.1. The van der Waals surface area contributed by atoms with Crippen LogP contribution in [0.5, 0.6) is 0 Å². The highest BCUT2D eigenvalue weighted by atomic mass is 32.2. The van der Waals surface area contributed by atoms with Gasteiger partial charge in [0.2, 0.25) is 5.91 Å². The van der Waals surface area contributed by atoms with Crippen molar-refractivity contribution in [2.24, 2.45) is 0 Å². The number of rotatable bonds is 6. The molecule has 0 bridgehead atoms. The van der Waals surface area contributed by atoms with Gasteiger partial charge in [-0.25, -0.2) is 9.37 Å². The van der Waals surface area contributed by atoms with Crippen LogP contribution in [-0.2, 0) is 10.5 Å². The maximum absolute atomic E-state index is 13.6. The summed E-state index contributed by atoms with van der Waals surface area (Å²) in [4.78, 5) is 16.8. The van der Waals surface area contributed by atoms with Crippen LogP contribution in [0.2, 0.25) is 0 Å². The molecule has 0 saturated heterocycles. The number of hydrogen-bond acceptors (Lipinski definition) is 4. The standard InChI is InChI=1S/C19H17FN2OS2/c1-13(18(23)22-17-10-6-5-9-16(17)20)24-11-15-12-25-19(21-15)14-7-3-2-4-8-14/h2-10,12-13H,11H2,1H3,(H,22,23). The minimum atomic E-state index is -0.431. The molecule has 0 saturated carbocycles. The summed E-state index contributed by atoms with van der Waals surface area (Å²) in [5.74, 6) is -0.0106. The number of anilines is 1. The SMILES string of the molecule is CC(SCc1csc(-c2ccccc2)n1)C(=O)Nc1ccccc1F. The first-order valence-electron chi connectivity index (χ1n) is 7.80. The predicted octanol–water partition coefficient (Wildman–Crippen LogP) is 5.21. The lowest BCUT2D eigenvalue weighted by Crippen LogP contribution is -2.23. The molecule has 6 heteroatoms. The van der Waals surface area contributed by atoms with E-state index in [9.17, 15) is 9.18 Å². The monoisotopic (exact) mass is 372 g/mol. The van der Waals surface area contributed by atoms with Gasteiger partial charge in [-0.2, -0.15) is 0 Å². The summed E-state index contributed by atoms with van der Waals surface area (Å²) in [6.45, 7) is 1.81. The Morgan fingerprint density at radius 3 is 2.68 bits per heavy atom. The number of amides is 1. The van der Waals surface area contributed by atoms with E-state index >= 15 is 0 Å². The van der Waals surface area contributed by atoms with Gasteiger partial charge >= 0.3 is 0 Å². The average Bonchev–Trinajstić information content (AvgIpc) is 3.11. The van der Waals surface area contributed by atoms with Gasteiger partial charge < -0.3 is 5.32 Å². The van der Waals surface area contributed by atoms with Gasteiger partial charge in [0.05, 0.1) is 16.6 Å². The molecule has 0 radical (unpaired) electrons. The third-order valence-corrected chi connectivity index (χ3v) is 5.67. The van der Waals surface area contributed by atoms with Gasteiger partial charge in [-0.15, -0.1) is 23.1 Å². The van der Waals surface area contributed by atoms with Crippen molar-refractivity contribution in [1.82, 2.24) is 4.98 Å². The van der Waals surface area contributed by atoms with Crippen LogP contribution in [0.25, 0.3) is 10.6 Å². The Bertz CT molecular complexity index is 851. The Morgan fingerprint density at radius 1 is 1.20 bits per heavy atom. The number of carbonyl (C=O) groups excluding carboxylic acids is 1. The van der Waals surface area contributed by atoms with Crippen molar-refractivity contribution in [2.75, 3.05) is 5.32 Å². The molecular weight excluding hydrogens is 355 g/mol. The lowest BCUT2D eigenvalue weighted by molar-refractivity contribution is -0.115. The minimum Gasteiger partial charge on any atom is -0.323 e. The van der Waals surface area contributed by atoms with Gasteiger partial charge in [0.1, 0.15) is 10.8 Å². The molecule has 1 N–H and O–H groups in total. The predicted molar refractivity (Wildman–Crippen MR) is 103 cm³/mol. The molecule has 2 aromatic carbocycles. The van der Waals surface area contributed by atoms with E-state index < -0.39 is 5.82 Å². The molecule has 128 valence electrons. The molecule has 1 atom stereocenters. The number of carbonyl (C=O) groups is 1.